The highest BCUT2D eigenvalue weighted by atomic mass is 32.2. The number of benzene rings is 1. The summed E-state index contributed by atoms with van der Waals surface area (Å²) in [4.78, 5) is 12.0. The molecule has 1 atom stereocenters. The summed E-state index contributed by atoms with van der Waals surface area (Å²) in [7, 11) is -3.48. The number of hydrogen-bond donors (Lipinski definition) is 2. The van der Waals surface area contributed by atoms with Crippen LogP contribution in [0, 0.1) is 5.82 Å². The first-order chi connectivity index (χ1) is 10.8. The van der Waals surface area contributed by atoms with E-state index in [0.29, 0.717) is 18.5 Å². The molecular weight excluding hydrogens is 341 g/mol. The maximum absolute atomic E-state index is 14.0. The molecule has 0 saturated carbocycles. The number of sulfonamides is 1. The zero-order chi connectivity index (χ0) is 17.0. The molecule has 1 amide bonds. The minimum absolute atomic E-state index is 0.00256. The van der Waals surface area contributed by atoms with Gasteiger partial charge in [-0.25, -0.2) is 12.8 Å². The maximum atomic E-state index is 14.0. The van der Waals surface area contributed by atoms with Gasteiger partial charge >= 0.3 is 0 Å². The minimum atomic E-state index is -3.48. The highest BCUT2D eigenvalue weighted by molar-refractivity contribution is 7.98. The zero-order valence-electron chi connectivity index (χ0n) is 12.8. The summed E-state index contributed by atoms with van der Waals surface area (Å²) >= 11 is 1.59. The Morgan fingerprint density at radius 3 is 2.87 bits per heavy atom. The van der Waals surface area contributed by atoms with Crippen molar-refractivity contribution in [3.63, 3.8) is 0 Å². The smallest absolute Gasteiger partial charge is 0.241 e. The van der Waals surface area contributed by atoms with Crippen LogP contribution >= 0.6 is 11.8 Å². The minimum Gasteiger partial charge on any atom is -0.325 e. The maximum Gasteiger partial charge on any atom is 0.241 e. The van der Waals surface area contributed by atoms with Crippen molar-refractivity contribution < 1.29 is 17.6 Å². The first-order valence-corrected chi connectivity index (χ1v) is 10.2. The van der Waals surface area contributed by atoms with Gasteiger partial charge in [-0.1, -0.05) is 0 Å². The fraction of sp³-hybridized carbons (Fsp3) is 0.500. The van der Waals surface area contributed by atoms with Crippen LogP contribution in [0.15, 0.2) is 18.2 Å². The lowest BCUT2D eigenvalue weighted by atomic mass is 10.2. The molecule has 3 N–H and O–H groups in total. The fourth-order valence-electron chi connectivity index (χ4n) is 2.30. The molecule has 1 aromatic rings. The Bertz CT molecular complexity index is 682. The average molecular weight is 361 g/mol. The molecule has 0 aliphatic carbocycles. The van der Waals surface area contributed by atoms with E-state index in [0.717, 1.165) is 16.1 Å². The number of anilines is 2. The second-order valence-corrected chi connectivity index (χ2v) is 8.28. The van der Waals surface area contributed by atoms with Crippen LogP contribution in [0.25, 0.3) is 0 Å². The molecule has 0 radical (unpaired) electrons. The van der Waals surface area contributed by atoms with Gasteiger partial charge < -0.3 is 11.1 Å². The van der Waals surface area contributed by atoms with Gasteiger partial charge in [-0.2, -0.15) is 11.8 Å². The Hall–Kier alpha value is -1.32. The fourth-order valence-corrected chi connectivity index (χ4v) is 4.35. The Morgan fingerprint density at radius 2 is 2.26 bits per heavy atom. The quantitative estimate of drug-likeness (QED) is 0.799. The second kappa shape index (κ2) is 7.50. The summed E-state index contributed by atoms with van der Waals surface area (Å²) in [5.74, 6) is -0.251. The lowest BCUT2D eigenvalue weighted by molar-refractivity contribution is -0.117. The predicted octanol–water partition coefficient (Wildman–Crippen LogP) is 1.38. The van der Waals surface area contributed by atoms with Gasteiger partial charge in [0.2, 0.25) is 15.9 Å². The molecule has 9 heteroatoms. The number of nitrogens with zero attached hydrogens (tertiary/aromatic N) is 1. The van der Waals surface area contributed by atoms with E-state index >= 15 is 0 Å². The molecule has 0 aromatic heterocycles. The number of hydrogen-bond acceptors (Lipinski definition) is 5. The van der Waals surface area contributed by atoms with Crippen LogP contribution in [0.4, 0.5) is 15.8 Å². The van der Waals surface area contributed by atoms with E-state index in [1.807, 2.05) is 6.26 Å². The van der Waals surface area contributed by atoms with Crippen LogP contribution in [0.1, 0.15) is 12.8 Å². The van der Waals surface area contributed by atoms with Gasteiger partial charge in [-0.3, -0.25) is 9.10 Å². The van der Waals surface area contributed by atoms with Gasteiger partial charge in [-0.05, 0) is 43.0 Å². The van der Waals surface area contributed by atoms with Crippen molar-refractivity contribution in [3.05, 3.63) is 24.0 Å². The number of thioether (sulfide) groups is 1. The third-order valence-electron chi connectivity index (χ3n) is 3.55. The van der Waals surface area contributed by atoms with Crippen molar-refractivity contribution in [2.75, 3.05) is 33.9 Å². The van der Waals surface area contributed by atoms with E-state index in [-0.39, 0.29) is 23.9 Å². The predicted molar refractivity (Wildman–Crippen MR) is 91.8 cm³/mol. The number of nitrogens with two attached hydrogens (primary N) is 1. The Balaban J connectivity index is 2.16. The zero-order valence-corrected chi connectivity index (χ0v) is 14.4. The van der Waals surface area contributed by atoms with E-state index in [9.17, 15) is 17.6 Å². The van der Waals surface area contributed by atoms with Gasteiger partial charge in [0.1, 0.15) is 5.82 Å². The van der Waals surface area contributed by atoms with Gasteiger partial charge in [0.25, 0.3) is 0 Å². The van der Waals surface area contributed by atoms with Crippen LogP contribution in [0.3, 0.4) is 0 Å². The summed E-state index contributed by atoms with van der Waals surface area (Å²) in [5, 5.41) is 2.61. The van der Waals surface area contributed by atoms with E-state index < -0.39 is 21.9 Å². The first kappa shape index (κ1) is 18.0. The second-order valence-electron chi connectivity index (χ2n) is 5.29. The highest BCUT2D eigenvalue weighted by Crippen LogP contribution is 2.29. The van der Waals surface area contributed by atoms with E-state index in [1.165, 1.54) is 12.1 Å². The third-order valence-corrected chi connectivity index (χ3v) is 6.05. The number of amides is 1. The largest absolute Gasteiger partial charge is 0.325 e. The van der Waals surface area contributed by atoms with Crippen molar-refractivity contribution in [1.29, 1.82) is 0 Å². The molecule has 1 saturated heterocycles. The normalized spacial score (nSPS) is 18.0. The van der Waals surface area contributed by atoms with Crippen LogP contribution in [0.2, 0.25) is 0 Å². The van der Waals surface area contributed by atoms with Crippen LogP contribution in [0.5, 0.6) is 0 Å². The molecule has 1 aliphatic rings. The molecule has 6 nitrogen and oxygen atoms in total. The lowest BCUT2D eigenvalue weighted by Crippen LogP contribution is -2.36. The number of rotatable bonds is 6. The molecule has 1 fully saturated rings. The van der Waals surface area contributed by atoms with Gasteiger partial charge in [-0.15, -0.1) is 0 Å². The SMILES string of the molecule is CSCC[C@H](N)C(=O)Nc1ccc(F)c(N2CCCS2(=O)=O)c1. The summed E-state index contributed by atoms with van der Waals surface area (Å²) in [5.41, 5.74) is 6.06. The third kappa shape index (κ3) is 4.36. The number of carbonyl (C=O) groups is 1. The summed E-state index contributed by atoms with van der Waals surface area (Å²) < 4.78 is 38.9. The summed E-state index contributed by atoms with van der Waals surface area (Å²) in [6.07, 6.45) is 2.91. The topological polar surface area (TPSA) is 92.5 Å². The molecule has 2 rings (SSSR count). The molecule has 0 spiro atoms. The lowest BCUT2D eigenvalue weighted by Gasteiger charge is -2.19. The van der Waals surface area contributed by atoms with Gasteiger partial charge in [0, 0.05) is 12.2 Å². The van der Waals surface area contributed by atoms with E-state index in [1.54, 1.807) is 11.8 Å². The molecule has 0 unspecified atom stereocenters. The number of carbonyl (C=O) groups excluding carboxylic acids is 1. The molecule has 1 aromatic carbocycles. The summed E-state index contributed by atoms with van der Waals surface area (Å²) in [6.45, 7) is 0.240. The van der Waals surface area contributed by atoms with E-state index in [2.05, 4.69) is 5.32 Å². The molecule has 1 aliphatic heterocycles. The van der Waals surface area contributed by atoms with Crippen LogP contribution in [-0.2, 0) is 14.8 Å². The molecule has 128 valence electrons. The average Bonchev–Trinajstić information content (AvgIpc) is 2.85. The Morgan fingerprint density at radius 1 is 1.52 bits per heavy atom. The van der Waals surface area contributed by atoms with Gasteiger partial charge in [0.05, 0.1) is 17.5 Å². The monoisotopic (exact) mass is 361 g/mol. The van der Waals surface area contributed by atoms with Crippen molar-refractivity contribution in [1.82, 2.24) is 0 Å². The van der Waals surface area contributed by atoms with Crippen molar-refractivity contribution in [2.24, 2.45) is 5.73 Å². The van der Waals surface area contributed by atoms with E-state index in [4.69, 9.17) is 5.73 Å². The molecule has 23 heavy (non-hydrogen) atoms. The van der Waals surface area contributed by atoms with Gasteiger partial charge in [0.15, 0.2) is 0 Å². The van der Waals surface area contributed by atoms with Crippen molar-refractivity contribution >= 4 is 39.1 Å². The Kier molecular flexibility index (Phi) is 5.88. The first-order valence-electron chi connectivity index (χ1n) is 7.20. The highest BCUT2D eigenvalue weighted by Gasteiger charge is 2.30. The summed E-state index contributed by atoms with van der Waals surface area (Å²) in [6, 6.07) is 3.20. The number of halogens is 1. The Labute approximate surface area is 139 Å². The van der Waals surface area contributed by atoms with Crippen LogP contribution < -0.4 is 15.4 Å². The van der Waals surface area contributed by atoms with Crippen LogP contribution in [-0.4, -0.2) is 44.7 Å². The van der Waals surface area contributed by atoms with Crippen molar-refractivity contribution in [2.45, 2.75) is 18.9 Å². The molecule has 0 bridgehead atoms. The van der Waals surface area contributed by atoms with Crippen molar-refractivity contribution in [3.8, 4) is 0 Å². The standard InChI is InChI=1S/C14H20FN3O3S2/c1-22-7-5-12(16)14(19)17-10-3-4-11(15)13(9-10)18-6-2-8-23(18,20)21/h3-4,9,12H,2,5-8,16H2,1H3,(H,17,19)/t12-/m0/s1. The molecular formula is C14H20FN3O3S2. The molecule has 1 heterocycles. The number of nitrogens with one attached hydrogen (secondary N) is 1.